The van der Waals surface area contributed by atoms with Gasteiger partial charge in [0.15, 0.2) is 30.7 Å². The van der Waals surface area contributed by atoms with E-state index < -0.39 is 126 Å². The standard InChI is InChI=1S/C42H50Cl3NO18/c1-17(2)32(47)54-15-24-26(58-34(49)19(5)6)28(59-35(50)20(7)8)30(61-37(52)22(11)12)39(56-24)63-27-25(16-55-33(48)18(3)4)57-40(64-41(46)42(43,44)45)31(62-38(53)23(13)14)29(27)60-36(51)21(9)10/h24-31,39-40,46H,1,3,5,7,9,11,13,15-16H2,2,4,6,8,10,12,14H3/t24-,25-,26+,27-,28+,29+,30-,31-,39+,40-/m1/s1. The summed E-state index contributed by atoms with van der Waals surface area (Å²) in [7, 11) is 0. The Bertz CT molecular complexity index is 1990. The van der Waals surface area contributed by atoms with Crippen molar-refractivity contribution in [3.63, 3.8) is 0 Å². The Balaban J connectivity index is 3.09. The number of rotatable bonds is 19. The van der Waals surface area contributed by atoms with Gasteiger partial charge in [-0.05, 0) is 48.5 Å². The van der Waals surface area contributed by atoms with Gasteiger partial charge in [-0.2, -0.15) is 0 Å². The number of carbonyl (C=O) groups excluding carboxylic acids is 7. The van der Waals surface area contributed by atoms with Crippen LogP contribution in [0.4, 0.5) is 0 Å². The molecule has 0 aromatic heterocycles. The van der Waals surface area contributed by atoms with Gasteiger partial charge in [0.05, 0.1) is 0 Å². The fraction of sp³-hybridized carbons (Fsp3) is 0.476. The number of hydrogen-bond donors (Lipinski definition) is 1. The second-order valence-electron chi connectivity index (χ2n) is 14.6. The summed E-state index contributed by atoms with van der Waals surface area (Å²) in [5.74, 6) is -8.62. The van der Waals surface area contributed by atoms with Crippen molar-refractivity contribution >= 4 is 82.5 Å². The molecule has 2 saturated heterocycles. The van der Waals surface area contributed by atoms with Crippen molar-refractivity contribution in [2.24, 2.45) is 0 Å². The number of esters is 7. The van der Waals surface area contributed by atoms with Gasteiger partial charge in [0.1, 0.15) is 31.5 Å². The van der Waals surface area contributed by atoms with E-state index in [0.717, 1.165) is 0 Å². The quantitative estimate of drug-likeness (QED) is 0.0453. The zero-order chi connectivity index (χ0) is 49.1. The normalized spacial score (nSPS) is 25.1. The lowest BCUT2D eigenvalue weighted by molar-refractivity contribution is -0.355. The number of ether oxygens (including phenoxy) is 11. The van der Waals surface area contributed by atoms with Crippen LogP contribution in [0.15, 0.2) is 85.1 Å². The monoisotopic (exact) mass is 961 g/mol. The molecule has 0 saturated carbocycles. The Morgan fingerprint density at radius 1 is 0.438 bits per heavy atom. The zero-order valence-electron chi connectivity index (χ0n) is 36.1. The van der Waals surface area contributed by atoms with Crippen LogP contribution in [0.25, 0.3) is 0 Å². The van der Waals surface area contributed by atoms with Gasteiger partial charge in [-0.25, -0.2) is 33.6 Å². The summed E-state index contributed by atoms with van der Waals surface area (Å²) in [6.45, 7) is 32.3. The van der Waals surface area contributed by atoms with Gasteiger partial charge >= 0.3 is 41.8 Å². The SMILES string of the molecule is C=C(C)C(=O)OC[C@H]1O[C@@H](O[C@H]2[C@H](OC(=O)C(=C)C)[C@@H](OC(=O)C(=C)C)[C@@H](OC(=N)C(Cl)(Cl)Cl)O[C@@H]2COC(=O)C(=C)C)[C@H](OC(=O)C(=C)C)[C@@H](OC(=O)C(=C)C)[C@H]1OC(=O)C(=C)C. The molecular formula is C42H50Cl3NO18. The molecule has 0 unspecified atom stereocenters. The fourth-order valence-electron chi connectivity index (χ4n) is 5.08. The van der Waals surface area contributed by atoms with Gasteiger partial charge in [-0.3, -0.25) is 5.41 Å². The molecule has 0 aromatic rings. The second-order valence-corrected chi connectivity index (χ2v) is 16.9. The van der Waals surface area contributed by atoms with Gasteiger partial charge in [0.2, 0.25) is 18.3 Å². The average molecular weight is 963 g/mol. The highest BCUT2D eigenvalue weighted by molar-refractivity contribution is 6.76. The lowest BCUT2D eigenvalue weighted by atomic mass is 9.95. The molecule has 22 heteroatoms. The fourth-order valence-corrected chi connectivity index (χ4v) is 5.21. The molecule has 352 valence electrons. The minimum absolute atomic E-state index is 0.0683. The van der Waals surface area contributed by atoms with Crippen LogP contribution in [0.3, 0.4) is 0 Å². The predicted octanol–water partition coefficient (Wildman–Crippen LogP) is 4.86. The first-order chi connectivity index (χ1) is 29.5. The van der Waals surface area contributed by atoms with Crippen molar-refractivity contribution < 1.29 is 85.7 Å². The lowest BCUT2D eigenvalue weighted by Crippen LogP contribution is -2.67. The van der Waals surface area contributed by atoms with Crippen LogP contribution in [0.2, 0.25) is 0 Å². The summed E-state index contributed by atoms with van der Waals surface area (Å²) in [5.41, 5.74) is -1.14. The molecule has 0 bridgehead atoms. The van der Waals surface area contributed by atoms with E-state index in [-0.39, 0.29) is 39.0 Å². The number of carbonyl (C=O) groups is 7. The number of alkyl halides is 3. The maximum atomic E-state index is 13.4. The smallest absolute Gasteiger partial charge is 0.333 e. The Morgan fingerprint density at radius 3 is 1.06 bits per heavy atom. The van der Waals surface area contributed by atoms with Crippen molar-refractivity contribution in [1.82, 2.24) is 0 Å². The van der Waals surface area contributed by atoms with E-state index in [4.69, 9.17) is 92.3 Å². The molecule has 2 heterocycles. The summed E-state index contributed by atoms with van der Waals surface area (Å²) in [5, 5.41) is 8.29. The molecule has 2 rings (SSSR count). The third-order valence-electron chi connectivity index (χ3n) is 8.38. The summed E-state index contributed by atoms with van der Waals surface area (Å²) >= 11 is 17.7. The zero-order valence-corrected chi connectivity index (χ0v) is 38.4. The summed E-state index contributed by atoms with van der Waals surface area (Å²) < 4.78 is 61.2. The molecule has 0 aliphatic carbocycles. The van der Waals surface area contributed by atoms with E-state index in [1.54, 1.807) is 0 Å². The second kappa shape index (κ2) is 23.6. The van der Waals surface area contributed by atoms with Crippen molar-refractivity contribution in [3.05, 3.63) is 85.1 Å². The van der Waals surface area contributed by atoms with E-state index in [0.29, 0.717) is 0 Å². The lowest BCUT2D eigenvalue weighted by Gasteiger charge is -2.48. The third kappa shape index (κ3) is 15.4. The first-order valence-electron chi connectivity index (χ1n) is 18.7. The maximum Gasteiger partial charge on any atom is 0.333 e. The van der Waals surface area contributed by atoms with Crippen LogP contribution in [-0.4, -0.2) is 126 Å². The van der Waals surface area contributed by atoms with Gasteiger partial charge in [0, 0.05) is 39.0 Å². The first-order valence-corrected chi connectivity index (χ1v) is 19.9. The third-order valence-corrected chi connectivity index (χ3v) is 8.89. The molecule has 64 heavy (non-hydrogen) atoms. The Morgan fingerprint density at radius 2 is 0.719 bits per heavy atom. The molecule has 19 nitrogen and oxygen atoms in total. The van der Waals surface area contributed by atoms with Crippen molar-refractivity contribution in [3.8, 4) is 0 Å². The molecule has 2 aliphatic rings. The Labute approximate surface area is 384 Å². The van der Waals surface area contributed by atoms with Gasteiger partial charge in [-0.1, -0.05) is 80.9 Å². The minimum atomic E-state index is -2.55. The largest absolute Gasteiger partial charge is 0.459 e. The maximum absolute atomic E-state index is 13.4. The molecule has 0 amide bonds. The van der Waals surface area contributed by atoms with Crippen molar-refractivity contribution in [2.45, 2.75) is 114 Å². The average Bonchev–Trinajstić information content (AvgIpc) is 3.18. The number of hydrogen-bond acceptors (Lipinski definition) is 19. The highest BCUT2D eigenvalue weighted by atomic mass is 35.6. The molecule has 10 atom stereocenters. The summed E-state index contributed by atoms with van der Waals surface area (Å²) in [6.07, 6.45) is -19.3. The van der Waals surface area contributed by atoms with Crippen LogP contribution in [0, 0.1) is 5.41 Å². The molecule has 2 aliphatic heterocycles. The summed E-state index contributed by atoms with van der Waals surface area (Å²) in [6, 6.07) is 0. The van der Waals surface area contributed by atoms with Gasteiger partial charge in [-0.15, -0.1) is 0 Å². The van der Waals surface area contributed by atoms with E-state index in [1.165, 1.54) is 48.5 Å². The highest BCUT2D eigenvalue weighted by Crippen LogP contribution is 2.38. The molecule has 1 N–H and O–H groups in total. The van der Waals surface area contributed by atoms with Gasteiger partial charge in [0.25, 0.3) is 3.79 Å². The topological polar surface area (TPSA) is 245 Å². The molecule has 0 spiro atoms. The van der Waals surface area contributed by atoms with E-state index in [2.05, 4.69) is 46.1 Å². The van der Waals surface area contributed by atoms with E-state index in [9.17, 15) is 33.6 Å². The van der Waals surface area contributed by atoms with Gasteiger partial charge < -0.3 is 52.1 Å². The molecule has 2 fully saturated rings. The van der Waals surface area contributed by atoms with Crippen LogP contribution in [-0.2, 0) is 85.7 Å². The number of halogens is 3. The van der Waals surface area contributed by atoms with E-state index >= 15 is 0 Å². The van der Waals surface area contributed by atoms with Crippen LogP contribution in [0.1, 0.15) is 48.5 Å². The van der Waals surface area contributed by atoms with E-state index in [1.807, 2.05) is 0 Å². The predicted molar refractivity (Wildman–Crippen MR) is 226 cm³/mol. The van der Waals surface area contributed by atoms with Crippen LogP contribution in [0.5, 0.6) is 0 Å². The molecule has 0 aromatic carbocycles. The van der Waals surface area contributed by atoms with Crippen molar-refractivity contribution in [2.75, 3.05) is 13.2 Å². The summed E-state index contributed by atoms with van der Waals surface area (Å²) in [4.78, 5) is 92.0. The Hall–Kier alpha value is -5.31. The first kappa shape index (κ1) is 54.8. The molecular weight excluding hydrogens is 913 g/mol. The van der Waals surface area contributed by atoms with Crippen molar-refractivity contribution in [1.29, 1.82) is 5.41 Å². The van der Waals surface area contributed by atoms with Crippen LogP contribution < -0.4 is 0 Å². The minimum Gasteiger partial charge on any atom is -0.459 e. The molecule has 0 radical (unpaired) electrons. The Kier molecular flexibility index (Phi) is 20.2. The number of nitrogens with one attached hydrogen (secondary N) is 1. The van der Waals surface area contributed by atoms with Crippen LogP contribution >= 0.6 is 34.8 Å². The highest BCUT2D eigenvalue weighted by Gasteiger charge is 2.59.